The minimum Gasteiger partial charge on any atom is -0.464 e. The van der Waals surface area contributed by atoms with E-state index in [2.05, 4.69) is 80.4 Å². The van der Waals surface area contributed by atoms with Gasteiger partial charge in [-0.15, -0.1) is 11.3 Å². The third-order valence-corrected chi connectivity index (χ3v) is 16.9. The molecule has 6 bridgehead atoms. The number of nitrogens with one attached hydrogen (secondary N) is 2. The van der Waals surface area contributed by atoms with Crippen LogP contribution in [-0.4, -0.2) is 177 Å². The highest BCUT2D eigenvalue weighted by atomic mass is 32.1. The van der Waals surface area contributed by atoms with Gasteiger partial charge in [-0.05, 0) is 75.6 Å². The van der Waals surface area contributed by atoms with Gasteiger partial charge in [-0.25, -0.2) is 10.4 Å². The van der Waals surface area contributed by atoms with Crippen molar-refractivity contribution in [2.75, 3.05) is 104 Å². The fraction of sp³-hybridized carbons (Fsp3) is 0.648. The average Bonchev–Trinajstić information content (AvgIpc) is 4.07. The van der Waals surface area contributed by atoms with Crippen molar-refractivity contribution in [3.8, 4) is 22.5 Å². The Hall–Kier alpha value is -4.57. The molecule has 6 aliphatic heterocycles. The van der Waals surface area contributed by atoms with E-state index in [0.717, 1.165) is 95.4 Å². The van der Waals surface area contributed by atoms with Crippen molar-refractivity contribution in [1.82, 2.24) is 40.1 Å². The number of amides is 2. The molecule has 6 fully saturated rings. The third-order valence-electron chi connectivity index (χ3n) is 16.0. The Morgan fingerprint density at radius 3 is 2.47 bits per heavy atom. The Morgan fingerprint density at radius 1 is 0.945 bits per heavy atom. The van der Waals surface area contributed by atoms with Crippen LogP contribution in [0.15, 0.2) is 35.8 Å². The second-order valence-electron chi connectivity index (χ2n) is 21.7. The first-order chi connectivity index (χ1) is 35.5. The molecular formula is C54H73N9O9S. The number of thiazole rings is 1. The van der Waals surface area contributed by atoms with Crippen LogP contribution in [0.3, 0.4) is 0 Å². The zero-order valence-corrected chi connectivity index (χ0v) is 43.8. The number of methoxy groups -OCH3 is 1. The molecule has 1 saturated carbocycles. The molecular weight excluding hydrogens is 951 g/mol. The normalized spacial score (nSPS) is 26.3. The zero-order chi connectivity index (χ0) is 50.2. The fourth-order valence-electron chi connectivity index (χ4n) is 11.6. The number of fused-ring (bicyclic) bond motifs is 6. The number of aromatic nitrogens is 3. The van der Waals surface area contributed by atoms with Gasteiger partial charge in [0.1, 0.15) is 23.2 Å². The number of pyridine rings is 1. The highest BCUT2D eigenvalue weighted by molar-refractivity contribution is 7.10. The summed E-state index contributed by atoms with van der Waals surface area (Å²) in [5.74, 6) is -1.11. The maximum atomic E-state index is 15.0. The van der Waals surface area contributed by atoms with Gasteiger partial charge < -0.3 is 43.2 Å². The highest BCUT2D eigenvalue weighted by Gasteiger charge is 2.44. The number of hydrogen-bond donors (Lipinski definition) is 2. The van der Waals surface area contributed by atoms with E-state index in [0.29, 0.717) is 96.5 Å². The summed E-state index contributed by atoms with van der Waals surface area (Å²) in [5.41, 5.74) is 10.5. The van der Waals surface area contributed by atoms with Crippen molar-refractivity contribution in [2.24, 2.45) is 5.41 Å². The number of hydrazine groups is 1. The van der Waals surface area contributed by atoms with Crippen LogP contribution in [0.5, 0.6) is 0 Å². The van der Waals surface area contributed by atoms with Crippen molar-refractivity contribution in [1.29, 1.82) is 0 Å². The molecule has 19 heteroatoms. The SMILES string of the molecule is CO[C@@H](C)c1ncc(N2CCN(C3CC3)CC2)cc1-c1c2c3cc(ccc3n1CCOC1CCOCC1)-c1csc(n1)[C@@H](N1CCOCC1)[C@H](NC(=O)[C@H]1CCO1)C(=O)N1CCC[C@H](N1)C(=O)OCC(C)(C)C2. The number of benzene rings is 1. The Kier molecular flexibility index (Phi) is 15.2. The topological polar surface area (TPSA) is 174 Å². The third kappa shape index (κ3) is 10.9. The Labute approximate surface area is 432 Å². The number of anilines is 1. The smallest absolute Gasteiger partial charge is 0.324 e. The van der Waals surface area contributed by atoms with Crippen molar-refractivity contribution in [2.45, 2.75) is 121 Å². The van der Waals surface area contributed by atoms with E-state index in [1.54, 1.807) is 7.11 Å². The molecule has 2 N–H and O–H groups in total. The lowest BCUT2D eigenvalue weighted by atomic mass is 9.84. The average molecular weight is 1020 g/mol. The quantitative estimate of drug-likeness (QED) is 0.175. The molecule has 9 heterocycles. The Morgan fingerprint density at radius 2 is 1.73 bits per heavy atom. The maximum absolute atomic E-state index is 15.0. The molecule has 11 rings (SSSR count). The fourth-order valence-corrected chi connectivity index (χ4v) is 12.6. The molecule has 0 spiro atoms. The van der Waals surface area contributed by atoms with Crippen molar-refractivity contribution >= 4 is 45.7 Å². The predicted octanol–water partition coefficient (Wildman–Crippen LogP) is 5.28. The van der Waals surface area contributed by atoms with Crippen LogP contribution in [0, 0.1) is 5.41 Å². The van der Waals surface area contributed by atoms with Crippen LogP contribution in [0.1, 0.15) is 94.1 Å². The molecule has 73 heavy (non-hydrogen) atoms. The van der Waals surface area contributed by atoms with Crippen molar-refractivity contribution < 1.29 is 42.8 Å². The van der Waals surface area contributed by atoms with Gasteiger partial charge in [0.25, 0.3) is 5.91 Å². The summed E-state index contributed by atoms with van der Waals surface area (Å²) in [4.78, 5) is 61.1. The lowest BCUT2D eigenvalue weighted by Gasteiger charge is -2.41. The standard InChI is InChI=1S/C54H73N9O9S/c1-34(67-4)46-40(29-37(31-55-46)60-17-15-59(16-18-60)36-8-9-36)48-41-30-54(2,3)33-72-53(66)42-6-5-14-63(58-42)52(65)47(57-50(64)45-13-24-71-45)49(61-19-25-69-26-20-61)51-56-43(32-73-51)35-7-10-44(39(41)28-35)62(48)21-27-70-38-11-22-68-23-12-38/h7,10,28-29,31-32,34,36,38,42,45,47,49,58H,5-6,8-9,11-27,30,33H2,1-4H3,(H,57,64)/t34-,42-,45+,47-,49-/m0/s1. The summed E-state index contributed by atoms with van der Waals surface area (Å²) in [6.45, 7) is 15.8. The summed E-state index contributed by atoms with van der Waals surface area (Å²) in [6.07, 6.45) is 7.72. The van der Waals surface area contributed by atoms with Gasteiger partial charge in [0.05, 0.1) is 80.3 Å². The number of cyclic esters (lactones) is 1. The lowest BCUT2D eigenvalue weighted by molar-refractivity contribution is -0.158. The number of nitrogens with zero attached hydrogens (tertiary/aromatic N) is 7. The molecule has 1 aliphatic carbocycles. The summed E-state index contributed by atoms with van der Waals surface area (Å²) >= 11 is 1.48. The van der Waals surface area contributed by atoms with E-state index in [1.165, 1.54) is 29.2 Å². The van der Waals surface area contributed by atoms with E-state index in [9.17, 15) is 9.59 Å². The lowest BCUT2D eigenvalue weighted by Crippen LogP contribution is -2.64. The van der Waals surface area contributed by atoms with Gasteiger partial charge in [-0.3, -0.25) is 34.2 Å². The number of ether oxygens (including phenoxy) is 6. The second kappa shape index (κ2) is 22.0. The Bertz CT molecular complexity index is 2610. The number of rotatable bonds is 12. The minimum atomic E-state index is -1.04. The summed E-state index contributed by atoms with van der Waals surface area (Å²) < 4.78 is 38.6. The number of carbonyl (C=O) groups excluding carboxylic acids is 3. The first-order valence-corrected chi connectivity index (χ1v) is 27.7. The highest BCUT2D eigenvalue weighted by Crippen LogP contribution is 2.44. The van der Waals surface area contributed by atoms with E-state index in [1.807, 2.05) is 6.20 Å². The van der Waals surface area contributed by atoms with Gasteiger partial charge in [0, 0.05) is 118 Å². The van der Waals surface area contributed by atoms with E-state index < -0.39 is 35.6 Å². The van der Waals surface area contributed by atoms with Crippen molar-refractivity contribution in [3.63, 3.8) is 0 Å². The number of piperazine rings is 1. The van der Waals surface area contributed by atoms with Gasteiger partial charge in [0.15, 0.2) is 0 Å². The van der Waals surface area contributed by atoms with Gasteiger partial charge in [0.2, 0.25) is 5.91 Å². The van der Waals surface area contributed by atoms with Crippen molar-refractivity contribution in [3.05, 3.63) is 52.1 Å². The first-order valence-electron chi connectivity index (χ1n) is 26.8. The minimum absolute atomic E-state index is 0.124. The number of morpholine rings is 1. The monoisotopic (exact) mass is 1020 g/mol. The summed E-state index contributed by atoms with van der Waals surface area (Å²) in [6, 6.07) is 7.22. The van der Waals surface area contributed by atoms with Gasteiger partial charge in [-0.1, -0.05) is 19.9 Å². The number of hydrogen-bond acceptors (Lipinski definition) is 16. The molecule has 1 aromatic carbocycles. The molecule has 0 radical (unpaired) electrons. The molecule has 5 atom stereocenters. The summed E-state index contributed by atoms with van der Waals surface area (Å²) in [5, 5.41) is 8.46. The van der Waals surface area contributed by atoms with Crippen LogP contribution in [0.2, 0.25) is 0 Å². The van der Waals surface area contributed by atoms with Crippen LogP contribution in [0.4, 0.5) is 5.69 Å². The number of carbonyl (C=O) groups is 3. The molecule has 7 aliphatic rings. The molecule has 4 aromatic rings. The second-order valence-corrected chi connectivity index (χ2v) is 22.6. The van der Waals surface area contributed by atoms with Crippen LogP contribution < -0.4 is 15.6 Å². The van der Waals surface area contributed by atoms with E-state index in [4.69, 9.17) is 38.4 Å². The van der Waals surface area contributed by atoms with Gasteiger partial charge >= 0.3 is 5.97 Å². The zero-order valence-electron chi connectivity index (χ0n) is 43.0. The van der Waals surface area contributed by atoms with Gasteiger partial charge in [-0.2, -0.15) is 0 Å². The molecule has 0 unspecified atom stereocenters. The first kappa shape index (κ1) is 50.6. The molecule has 18 nitrogen and oxygen atoms in total. The van der Waals surface area contributed by atoms with E-state index >= 15 is 4.79 Å². The molecule has 2 amide bonds. The van der Waals surface area contributed by atoms with Crippen LogP contribution >= 0.6 is 11.3 Å². The molecule has 5 saturated heterocycles. The van der Waals surface area contributed by atoms with E-state index in [-0.39, 0.29) is 30.6 Å². The largest absolute Gasteiger partial charge is 0.464 e. The van der Waals surface area contributed by atoms with Crippen LogP contribution in [-0.2, 0) is 55.8 Å². The molecule has 394 valence electrons. The van der Waals surface area contributed by atoms with Crippen LogP contribution in [0.25, 0.3) is 33.4 Å². The predicted molar refractivity (Wildman–Crippen MR) is 276 cm³/mol. The number of esters is 1. The Balaban J connectivity index is 1.06. The summed E-state index contributed by atoms with van der Waals surface area (Å²) in [7, 11) is 1.74. The molecule has 3 aromatic heterocycles. The maximum Gasteiger partial charge on any atom is 0.324 e.